The lowest BCUT2D eigenvalue weighted by Gasteiger charge is -2.14. The summed E-state index contributed by atoms with van der Waals surface area (Å²) in [6.07, 6.45) is -4.42. The second-order valence-corrected chi connectivity index (χ2v) is 6.67. The molecule has 3 N–H and O–H groups in total. The molecule has 0 aliphatic heterocycles. The first kappa shape index (κ1) is 22.6. The van der Waals surface area contributed by atoms with Crippen molar-refractivity contribution in [2.45, 2.75) is 12.8 Å². The van der Waals surface area contributed by atoms with Crippen molar-refractivity contribution < 1.29 is 27.4 Å². The number of anilines is 3. The van der Waals surface area contributed by atoms with Gasteiger partial charge in [-0.25, -0.2) is 9.37 Å². The molecule has 3 aromatic rings. The number of aliphatic hydroxyl groups is 1. The van der Waals surface area contributed by atoms with Gasteiger partial charge in [0.25, 0.3) is 0 Å². The fraction of sp³-hybridized carbons (Fsp3) is 0.200. The third kappa shape index (κ3) is 6.43. The van der Waals surface area contributed by atoms with E-state index in [1.165, 1.54) is 36.4 Å². The number of alkyl halides is 3. The van der Waals surface area contributed by atoms with Crippen molar-refractivity contribution in [1.82, 2.24) is 9.97 Å². The first-order valence-electron chi connectivity index (χ1n) is 9.06. The smallest absolute Gasteiger partial charge is 0.406 e. The number of benzene rings is 2. The number of aromatic nitrogens is 2. The zero-order valence-corrected chi connectivity index (χ0v) is 16.6. The van der Waals surface area contributed by atoms with E-state index in [-0.39, 0.29) is 34.8 Å². The Hall–Kier alpha value is -3.11. The van der Waals surface area contributed by atoms with Crippen LogP contribution in [-0.4, -0.2) is 34.6 Å². The molecule has 0 amide bonds. The number of nitrogens with one attached hydrogen (secondary N) is 2. The zero-order valence-electron chi connectivity index (χ0n) is 15.9. The number of aliphatic hydroxyl groups excluding tert-OH is 1. The Kier molecular flexibility index (Phi) is 7.13. The maximum Gasteiger partial charge on any atom is 0.573 e. The predicted molar refractivity (Wildman–Crippen MR) is 109 cm³/mol. The van der Waals surface area contributed by atoms with Crippen molar-refractivity contribution in [2.24, 2.45) is 0 Å². The minimum atomic E-state index is -4.84. The molecular weight excluding hydrogens is 440 g/mol. The zero-order chi connectivity index (χ0) is 22.4. The molecule has 0 fully saturated rings. The van der Waals surface area contributed by atoms with Crippen molar-refractivity contribution in [3.63, 3.8) is 0 Å². The number of hydrogen-bond acceptors (Lipinski definition) is 6. The van der Waals surface area contributed by atoms with E-state index < -0.39 is 17.9 Å². The van der Waals surface area contributed by atoms with Crippen LogP contribution >= 0.6 is 11.6 Å². The van der Waals surface area contributed by atoms with Gasteiger partial charge in [-0.1, -0.05) is 29.8 Å². The maximum absolute atomic E-state index is 14.2. The molecule has 0 radical (unpaired) electrons. The van der Waals surface area contributed by atoms with E-state index >= 15 is 0 Å². The van der Waals surface area contributed by atoms with Gasteiger partial charge < -0.3 is 20.5 Å². The molecular formula is C20H17ClF4N4O2. The van der Waals surface area contributed by atoms with Gasteiger partial charge in [-0.15, -0.1) is 13.2 Å². The van der Waals surface area contributed by atoms with Crippen LogP contribution in [0, 0.1) is 5.82 Å². The summed E-state index contributed by atoms with van der Waals surface area (Å²) in [5.74, 6) is -0.734. The molecule has 0 atom stereocenters. The van der Waals surface area contributed by atoms with Crippen LogP contribution in [0.25, 0.3) is 11.3 Å². The van der Waals surface area contributed by atoms with Crippen LogP contribution in [0.1, 0.15) is 6.42 Å². The highest BCUT2D eigenvalue weighted by Crippen LogP contribution is 2.31. The molecule has 0 saturated carbocycles. The van der Waals surface area contributed by atoms with E-state index in [0.29, 0.717) is 18.5 Å². The van der Waals surface area contributed by atoms with Gasteiger partial charge in [0.05, 0.1) is 16.4 Å². The summed E-state index contributed by atoms with van der Waals surface area (Å²) in [6, 6.07) is 10.9. The van der Waals surface area contributed by atoms with Gasteiger partial charge in [-0.05, 0) is 30.7 Å². The molecule has 0 spiro atoms. The summed E-state index contributed by atoms with van der Waals surface area (Å²) in [4.78, 5) is 8.53. The molecule has 11 heteroatoms. The Labute approximate surface area is 179 Å². The highest BCUT2D eigenvalue weighted by atomic mass is 35.5. The monoisotopic (exact) mass is 456 g/mol. The summed E-state index contributed by atoms with van der Waals surface area (Å²) >= 11 is 6.05. The lowest BCUT2D eigenvalue weighted by atomic mass is 10.1. The van der Waals surface area contributed by atoms with Gasteiger partial charge in [0.15, 0.2) is 0 Å². The topological polar surface area (TPSA) is 79.3 Å². The SMILES string of the molecule is OCCCNc1nc(Nc2c(F)cccc2Cl)cc(-c2cccc(OC(F)(F)F)c2)n1. The maximum atomic E-state index is 14.2. The number of para-hydroxylation sites is 1. The Bertz CT molecular complexity index is 1030. The highest BCUT2D eigenvalue weighted by molar-refractivity contribution is 6.33. The quantitative estimate of drug-likeness (QED) is 0.312. The second kappa shape index (κ2) is 9.80. The van der Waals surface area contributed by atoms with E-state index in [4.69, 9.17) is 16.7 Å². The Morgan fingerprint density at radius 3 is 2.55 bits per heavy atom. The Morgan fingerprint density at radius 1 is 1.06 bits per heavy atom. The summed E-state index contributed by atoms with van der Waals surface area (Å²) < 4.78 is 55.8. The van der Waals surface area contributed by atoms with E-state index in [0.717, 1.165) is 6.07 Å². The van der Waals surface area contributed by atoms with Crippen LogP contribution in [0.15, 0.2) is 48.5 Å². The fourth-order valence-corrected chi connectivity index (χ4v) is 2.83. The molecule has 3 rings (SSSR count). The third-order valence-corrected chi connectivity index (χ3v) is 4.24. The van der Waals surface area contributed by atoms with Crippen LogP contribution in [0.5, 0.6) is 5.75 Å². The van der Waals surface area contributed by atoms with Gasteiger partial charge in [-0.3, -0.25) is 0 Å². The van der Waals surface area contributed by atoms with Crippen LogP contribution in [0.2, 0.25) is 5.02 Å². The van der Waals surface area contributed by atoms with Crippen LogP contribution < -0.4 is 15.4 Å². The number of ether oxygens (including phenoxy) is 1. The number of halogens is 5. The molecule has 31 heavy (non-hydrogen) atoms. The minimum absolute atomic E-state index is 0.00993. The normalized spacial score (nSPS) is 11.3. The molecule has 6 nitrogen and oxygen atoms in total. The molecule has 1 aromatic heterocycles. The van der Waals surface area contributed by atoms with Crippen molar-refractivity contribution in [3.05, 3.63) is 59.4 Å². The molecule has 0 saturated heterocycles. The van der Waals surface area contributed by atoms with Gasteiger partial charge >= 0.3 is 6.36 Å². The summed E-state index contributed by atoms with van der Waals surface area (Å²) in [6.45, 7) is 0.288. The highest BCUT2D eigenvalue weighted by Gasteiger charge is 2.31. The molecule has 0 unspecified atom stereocenters. The molecule has 164 valence electrons. The molecule has 0 aliphatic carbocycles. The lowest BCUT2D eigenvalue weighted by Crippen LogP contribution is -2.17. The van der Waals surface area contributed by atoms with Crippen LogP contribution in [-0.2, 0) is 0 Å². The van der Waals surface area contributed by atoms with Crippen LogP contribution in [0.4, 0.5) is 35.0 Å². The van der Waals surface area contributed by atoms with Crippen molar-refractivity contribution in [2.75, 3.05) is 23.8 Å². The first-order valence-corrected chi connectivity index (χ1v) is 9.44. The van der Waals surface area contributed by atoms with Crippen molar-refractivity contribution >= 4 is 29.1 Å². The number of rotatable bonds is 8. The van der Waals surface area contributed by atoms with Crippen molar-refractivity contribution in [1.29, 1.82) is 0 Å². The Balaban J connectivity index is 1.98. The van der Waals surface area contributed by atoms with E-state index in [1.54, 1.807) is 6.07 Å². The fourth-order valence-electron chi connectivity index (χ4n) is 2.62. The Morgan fingerprint density at radius 2 is 1.84 bits per heavy atom. The lowest BCUT2D eigenvalue weighted by molar-refractivity contribution is -0.274. The summed E-state index contributed by atoms with van der Waals surface area (Å²) in [7, 11) is 0. The predicted octanol–water partition coefficient (Wildman–Crippen LogP) is 5.37. The average Bonchev–Trinajstić information content (AvgIpc) is 2.70. The summed E-state index contributed by atoms with van der Waals surface area (Å²) in [5, 5.41) is 14.8. The molecule has 0 bridgehead atoms. The van der Waals surface area contributed by atoms with Crippen molar-refractivity contribution in [3.8, 4) is 17.0 Å². The third-order valence-electron chi connectivity index (χ3n) is 3.92. The minimum Gasteiger partial charge on any atom is -0.406 e. The van der Waals surface area contributed by atoms with E-state index in [1.807, 2.05) is 0 Å². The second-order valence-electron chi connectivity index (χ2n) is 6.26. The summed E-state index contributed by atoms with van der Waals surface area (Å²) in [5.41, 5.74) is 0.561. The first-order chi connectivity index (χ1) is 14.7. The largest absolute Gasteiger partial charge is 0.573 e. The average molecular weight is 457 g/mol. The van der Waals surface area contributed by atoms with Gasteiger partial charge in [0.1, 0.15) is 17.4 Å². The van der Waals surface area contributed by atoms with E-state index in [9.17, 15) is 17.6 Å². The molecule has 0 aliphatic rings. The van der Waals surface area contributed by atoms with Gasteiger partial charge in [0.2, 0.25) is 5.95 Å². The van der Waals surface area contributed by atoms with Crippen LogP contribution in [0.3, 0.4) is 0 Å². The van der Waals surface area contributed by atoms with Gasteiger partial charge in [-0.2, -0.15) is 4.98 Å². The standard InChI is InChI=1S/C20H17ClF4N4O2/c21-14-6-2-7-15(22)18(14)28-17-11-16(27-19(29-17)26-8-3-9-30)12-4-1-5-13(10-12)31-20(23,24)25/h1-2,4-7,10-11,30H,3,8-9H2,(H2,26,27,28,29). The van der Waals surface area contributed by atoms with Gasteiger partial charge in [0, 0.05) is 24.8 Å². The number of nitrogens with zero attached hydrogens (tertiary/aromatic N) is 2. The number of hydrogen-bond donors (Lipinski definition) is 3. The molecule has 1 heterocycles. The molecule has 2 aromatic carbocycles. The van der Waals surface area contributed by atoms with E-state index in [2.05, 4.69) is 25.3 Å².